The Labute approximate surface area is 113 Å². The van der Waals surface area contributed by atoms with Gasteiger partial charge in [-0.1, -0.05) is 6.07 Å². The van der Waals surface area contributed by atoms with Crippen molar-refractivity contribution in [1.82, 2.24) is 9.88 Å². The molecule has 1 atom stereocenters. The second kappa shape index (κ2) is 6.45. The van der Waals surface area contributed by atoms with Gasteiger partial charge in [-0.05, 0) is 37.3 Å². The highest BCUT2D eigenvalue weighted by molar-refractivity contribution is 5.88. The smallest absolute Gasteiger partial charge is 0.220 e. The van der Waals surface area contributed by atoms with Crippen LogP contribution < -0.4 is 0 Å². The highest BCUT2D eigenvalue weighted by Gasteiger charge is 2.29. The van der Waals surface area contributed by atoms with E-state index in [4.69, 9.17) is 0 Å². The van der Waals surface area contributed by atoms with Crippen LogP contribution in [0.25, 0.3) is 0 Å². The summed E-state index contributed by atoms with van der Waals surface area (Å²) in [5.74, 6) is 0.193. The van der Waals surface area contributed by atoms with Crippen LogP contribution in [0.5, 0.6) is 0 Å². The molecule has 4 nitrogen and oxygen atoms in total. The minimum Gasteiger partial charge on any atom is -0.333 e. The second-order valence-electron chi connectivity index (χ2n) is 5.05. The molecule has 0 N–H and O–H groups in total. The third-order valence-electron chi connectivity index (χ3n) is 3.66. The van der Waals surface area contributed by atoms with Gasteiger partial charge in [-0.15, -0.1) is 0 Å². The van der Waals surface area contributed by atoms with Crippen molar-refractivity contribution < 1.29 is 9.59 Å². The maximum absolute atomic E-state index is 12.3. The number of rotatable bonds is 4. The number of ketones is 1. The second-order valence-corrected chi connectivity index (χ2v) is 5.05. The molecule has 1 fully saturated rings. The molecule has 1 aromatic heterocycles. The maximum Gasteiger partial charge on any atom is 0.220 e. The van der Waals surface area contributed by atoms with Crippen LogP contribution in [0.2, 0.25) is 0 Å². The Kier molecular flexibility index (Phi) is 4.66. The fourth-order valence-corrected chi connectivity index (χ4v) is 2.62. The zero-order valence-electron chi connectivity index (χ0n) is 11.3. The summed E-state index contributed by atoms with van der Waals surface area (Å²) in [6.45, 7) is 2.27. The molecule has 0 saturated carbocycles. The lowest BCUT2D eigenvalue weighted by molar-refractivity contribution is -0.139. The average Bonchev–Trinajstić information content (AvgIpc) is 2.46. The maximum atomic E-state index is 12.3. The summed E-state index contributed by atoms with van der Waals surface area (Å²) in [4.78, 5) is 29.6. The van der Waals surface area contributed by atoms with Gasteiger partial charge in [0.15, 0.2) is 5.78 Å². The van der Waals surface area contributed by atoms with Gasteiger partial charge in [0.1, 0.15) is 0 Å². The zero-order chi connectivity index (χ0) is 13.7. The molecule has 2 heterocycles. The van der Waals surface area contributed by atoms with Gasteiger partial charge in [-0.2, -0.15) is 0 Å². The SMILES string of the molecule is CC(=O)N1CCCCC1C(=O)CCc1cccnc1. The Morgan fingerprint density at radius 1 is 1.42 bits per heavy atom. The minimum absolute atomic E-state index is 0.0134. The first-order valence-electron chi connectivity index (χ1n) is 6.87. The van der Waals surface area contributed by atoms with E-state index >= 15 is 0 Å². The molecule has 102 valence electrons. The first-order chi connectivity index (χ1) is 9.18. The standard InChI is InChI=1S/C15H20N2O2/c1-12(18)17-10-3-2-6-14(17)15(19)8-7-13-5-4-9-16-11-13/h4-5,9,11,14H,2-3,6-8,10H2,1H3. The van der Waals surface area contributed by atoms with Crippen LogP contribution in [-0.2, 0) is 16.0 Å². The topological polar surface area (TPSA) is 50.3 Å². The molecule has 0 aromatic carbocycles. The average molecular weight is 260 g/mol. The summed E-state index contributed by atoms with van der Waals surface area (Å²) in [7, 11) is 0. The third kappa shape index (κ3) is 3.63. The van der Waals surface area contributed by atoms with Crippen molar-refractivity contribution in [3.63, 3.8) is 0 Å². The molecule has 1 unspecified atom stereocenters. The van der Waals surface area contributed by atoms with Crippen LogP contribution in [0.1, 0.15) is 38.2 Å². The summed E-state index contributed by atoms with van der Waals surface area (Å²) in [5, 5.41) is 0. The van der Waals surface area contributed by atoms with Gasteiger partial charge in [0, 0.05) is 32.3 Å². The number of pyridine rings is 1. The lowest BCUT2D eigenvalue weighted by Crippen LogP contribution is -2.47. The number of aryl methyl sites for hydroxylation is 1. The van der Waals surface area contributed by atoms with Crippen LogP contribution in [-0.4, -0.2) is 34.2 Å². The number of likely N-dealkylation sites (tertiary alicyclic amines) is 1. The monoisotopic (exact) mass is 260 g/mol. The Balaban J connectivity index is 1.93. The predicted molar refractivity (Wildman–Crippen MR) is 72.6 cm³/mol. The van der Waals surface area contributed by atoms with Crippen LogP contribution in [0.15, 0.2) is 24.5 Å². The van der Waals surface area contributed by atoms with Crippen molar-refractivity contribution in [2.45, 2.75) is 45.1 Å². The number of hydrogen-bond donors (Lipinski definition) is 0. The number of Topliss-reactive ketones (excluding diaryl/α,β-unsaturated/α-hetero) is 1. The summed E-state index contributed by atoms with van der Waals surface area (Å²) < 4.78 is 0. The van der Waals surface area contributed by atoms with Crippen LogP contribution >= 0.6 is 0 Å². The highest BCUT2D eigenvalue weighted by atomic mass is 16.2. The molecule has 4 heteroatoms. The molecular formula is C15H20N2O2. The van der Waals surface area contributed by atoms with Gasteiger partial charge in [0.25, 0.3) is 0 Å². The molecule has 19 heavy (non-hydrogen) atoms. The molecule has 1 aromatic rings. The van der Waals surface area contributed by atoms with Crippen molar-refractivity contribution in [3.8, 4) is 0 Å². The van der Waals surface area contributed by atoms with Crippen LogP contribution in [0.3, 0.4) is 0 Å². The van der Waals surface area contributed by atoms with E-state index in [-0.39, 0.29) is 17.7 Å². The Bertz CT molecular complexity index is 445. The Morgan fingerprint density at radius 3 is 2.95 bits per heavy atom. The zero-order valence-corrected chi connectivity index (χ0v) is 11.3. The van der Waals surface area contributed by atoms with Crippen molar-refractivity contribution in [2.24, 2.45) is 0 Å². The Morgan fingerprint density at radius 2 is 2.26 bits per heavy atom. The number of nitrogens with zero attached hydrogens (tertiary/aromatic N) is 2. The van der Waals surface area contributed by atoms with E-state index in [9.17, 15) is 9.59 Å². The first-order valence-corrected chi connectivity index (χ1v) is 6.87. The number of carbonyl (C=O) groups is 2. The summed E-state index contributed by atoms with van der Waals surface area (Å²) in [5.41, 5.74) is 1.07. The molecule has 2 rings (SSSR count). The molecule has 0 aliphatic carbocycles. The molecule has 1 aliphatic rings. The number of hydrogen-bond acceptors (Lipinski definition) is 3. The lowest BCUT2D eigenvalue weighted by Gasteiger charge is -2.34. The quantitative estimate of drug-likeness (QED) is 0.831. The number of piperidine rings is 1. The van der Waals surface area contributed by atoms with Crippen molar-refractivity contribution in [2.75, 3.05) is 6.54 Å². The van der Waals surface area contributed by atoms with Crippen LogP contribution in [0, 0.1) is 0 Å². The fraction of sp³-hybridized carbons (Fsp3) is 0.533. The van der Waals surface area contributed by atoms with E-state index in [1.54, 1.807) is 24.2 Å². The summed E-state index contributed by atoms with van der Waals surface area (Å²) >= 11 is 0. The fourth-order valence-electron chi connectivity index (χ4n) is 2.62. The third-order valence-corrected chi connectivity index (χ3v) is 3.66. The predicted octanol–water partition coefficient (Wildman–Crippen LogP) is 1.98. The molecule has 0 spiro atoms. The first kappa shape index (κ1) is 13.7. The molecular weight excluding hydrogens is 240 g/mol. The van der Waals surface area contributed by atoms with Gasteiger partial charge in [-0.3, -0.25) is 14.6 Å². The summed E-state index contributed by atoms with van der Waals surface area (Å²) in [6, 6.07) is 3.65. The molecule has 0 radical (unpaired) electrons. The van der Waals surface area contributed by atoms with E-state index in [1.165, 1.54) is 0 Å². The molecule has 0 bridgehead atoms. The number of carbonyl (C=O) groups excluding carboxylic acids is 2. The highest BCUT2D eigenvalue weighted by Crippen LogP contribution is 2.19. The molecule has 1 saturated heterocycles. The molecule has 1 aliphatic heterocycles. The van der Waals surface area contributed by atoms with E-state index in [2.05, 4.69) is 4.98 Å². The van der Waals surface area contributed by atoms with Gasteiger partial charge >= 0.3 is 0 Å². The number of amides is 1. The van der Waals surface area contributed by atoms with E-state index in [0.29, 0.717) is 12.8 Å². The van der Waals surface area contributed by atoms with E-state index < -0.39 is 0 Å². The minimum atomic E-state index is -0.206. The molecule has 1 amide bonds. The lowest BCUT2D eigenvalue weighted by atomic mass is 9.95. The summed E-state index contributed by atoms with van der Waals surface area (Å²) in [6.07, 6.45) is 7.56. The van der Waals surface area contributed by atoms with Gasteiger partial charge in [0.05, 0.1) is 6.04 Å². The largest absolute Gasteiger partial charge is 0.333 e. The van der Waals surface area contributed by atoms with Crippen LogP contribution in [0.4, 0.5) is 0 Å². The Hall–Kier alpha value is -1.71. The van der Waals surface area contributed by atoms with E-state index in [1.807, 2.05) is 12.1 Å². The van der Waals surface area contributed by atoms with Gasteiger partial charge in [-0.25, -0.2) is 0 Å². The van der Waals surface area contributed by atoms with E-state index in [0.717, 1.165) is 31.4 Å². The van der Waals surface area contributed by atoms with Crippen molar-refractivity contribution in [1.29, 1.82) is 0 Å². The number of aromatic nitrogens is 1. The van der Waals surface area contributed by atoms with Crippen molar-refractivity contribution >= 4 is 11.7 Å². The van der Waals surface area contributed by atoms with Crippen molar-refractivity contribution in [3.05, 3.63) is 30.1 Å². The van der Waals surface area contributed by atoms with Gasteiger partial charge < -0.3 is 4.90 Å². The normalized spacial score (nSPS) is 19.2. The van der Waals surface area contributed by atoms with Gasteiger partial charge in [0.2, 0.25) is 5.91 Å².